The molecule has 2 aromatic rings. The third-order valence-electron chi connectivity index (χ3n) is 7.27. The number of halogens is 1. The van der Waals surface area contributed by atoms with E-state index in [1.807, 2.05) is 0 Å². The molecule has 1 unspecified atom stereocenters. The number of ketones is 1. The van der Waals surface area contributed by atoms with Crippen molar-refractivity contribution in [3.05, 3.63) is 35.8 Å². The zero-order valence-electron chi connectivity index (χ0n) is 19.7. The van der Waals surface area contributed by atoms with Crippen molar-refractivity contribution in [2.45, 2.75) is 76.3 Å². The molecule has 0 radical (unpaired) electrons. The number of benzene rings is 1. The number of aliphatic carboxylic acids is 1. The van der Waals surface area contributed by atoms with Gasteiger partial charge in [0, 0.05) is 17.6 Å². The Balaban J connectivity index is 1.74. The lowest BCUT2D eigenvalue weighted by molar-refractivity contribution is -0.137. The van der Waals surface area contributed by atoms with Gasteiger partial charge in [-0.3, -0.25) is 19.2 Å². The molecule has 2 amide bonds. The summed E-state index contributed by atoms with van der Waals surface area (Å²) in [7, 11) is 0. The average Bonchev–Trinajstić information content (AvgIpc) is 3.24. The molecule has 9 heteroatoms. The molecule has 2 aliphatic rings. The molecule has 2 fully saturated rings. The number of aromatic nitrogens is 1. The lowest BCUT2D eigenvalue weighted by atomic mass is 9.83. The van der Waals surface area contributed by atoms with Gasteiger partial charge in [0.1, 0.15) is 18.4 Å². The second-order valence-corrected chi connectivity index (χ2v) is 9.68. The van der Waals surface area contributed by atoms with Crippen molar-refractivity contribution in [1.82, 2.24) is 15.2 Å². The molecule has 0 bridgehead atoms. The molecule has 8 nitrogen and oxygen atoms in total. The van der Waals surface area contributed by atoms with Gasteiger partial charge in [0.05, 0.1) is 11.1 Å². The van der Waals surface area contributed by atoms with Crippen molar-refractivity contribution >= 4 is 34.5 Å². The van der Waals surface area contributed by atoms with Crippen LogP contribution in [0.15, 0.2) is 24.4 Å². The number of carbonyl (C=O) groups is 4. The number of rotatable bonds is 8. The third-order valence-corrected chi connectivity index (χ3v) is 7.27. The highest BCUT2D eigenvalue weighted by atomic mass is 19.1. The fourth-order valence-electron chi connectivity index (χ4n) is 5.58. The Kier molecular flexibility index (Phi) is 7.83. The smallest absolute Gasteiger partial charge is 0.322 e. The third kappa shape index (κ3) is 5.55. The fraction of sp³-hybridized carbons (Fsp3) is 0.538. The number of carboxylic acid groups (broad SMARTS) is 1. The molecule has 0 saturated heterocycles. The van der Waals surface area contributed by atoms with Crippen LogP contribution in [-0.4, -0.2) is 45.8 Å². The minimum Gasteiger partial charge on any atom is -0.480 e. The van der Waals surface area contributed by atoms with E-state index in [0.29, 0.717) is 0 Å². The molecule has 1 atom stereocenters. The first-order valence-corrected chi connectivity index (χ1v) is 12.5. The van der Waals surface area contributed by atoms with Gasteiger partial charge in [0.15, 0.2) is 0 Å². The van der Waals surface area contributed by atoms with Gasteiger partial charge in [0.2, 0.25) is 5.91 Å². The Labute approximate surface area is 203 Å². The molecule has 1 aromatic carbocycles. The number of amides is 2. The van der Waals surface area contributed by atoms with E-state index in [1.54, 1.807) is 6.07 Å². The molecular formula is C26H32FN3O5. The summed E-state index contributed by atoms with van der Waals surface area (Å²) in [5.41, 5.74) is 0.0601. The van der Waals surface area contributed by atoms with Gasteiger partial charge in [-0.15, -0.1) is 0 Å². The number of para-hydroxylation sites is 1. The summed E-state index contributed by atoms with van der Waals surface area (Å²) < 4.78 is 16.7. The van der Waals surface area contributed by atoms with Crippen LogP contribution in [0.5, 0.6) is 0 Å². The minimum absolute atomic E-state index is 0.0219. The van der Waals surface area contributed by atoms with Gasteiger partial charge >= 0.3 is 5.97 Å². The van der Waals surface area contributed by atoms with Crippen molar-refractivity contribution in [2.24, 2.45) is 5.92 Å². The largest absolute Gasteiger partial charge is 0.480 e. The van der Waals surface area contributed by atoms with Crippen LogP contribution in [0, 0.1) is 11.7 Å². The van der Waals surface area contributed by atoms with Gasteiger partial charge in [-0.05, 0) is 37.7 Å². The molecule has 2 aliphatic carbocycles. The number of nitrogens with one attached hydrogen (secondary N) is 2. The minimum atomic E-state index is -1.28. The molecule has 0 spiro atoms. The van der Waals surface area contributed by atoms with Crippen molar-refractivity contribution in [2.75, 3.05) is 6.54 Å². The number of carbonyl (C=O) groups excluding carboxylic acids is 3. The number of nitrogens with zero attached hydrogens (tertiary/aromatic N) is 1. The van der Waals surface area contributed by atoms with E-state index in [0.717, 1.165) is 64.2 Å². The first kappa shape index (κ1) is 24.9. The molecule has 1 heterocycles. The standard InChI is InChI=1S/C26H32FN3O5/c27-20-13-7-12-18-19(24(33)26(35)28-14-21(31)32)15-30(23(18)20)22(16-8-3-1-4-9-16)25(34)29-17-10-5-2-6-11-17/h7,12-13,15-17,22H,1-6,8-11,14H2,(H,28,35)(H,29,34)(H,31,32). The maximum Gasteiger partial charge on any atom is 0.322 e. The predicted molar refractivity (Wildman–Crippen MR) is 127 cm³/mol. The number of hydrogen-bond acceptors (Lipinski definition) is 4. The van der Waals surface area contributed by atoms with E-state index in [2.05, 4.69) is 10.6 Å². The summed E-state index contributed by atoms with van der Waals surface area (Å²) in [4.78, 5) is 49.8. The van der Waals surface area contributed by atoms with E-state index in [1.165, 1.54) is 22.9 Å². The van der Waals surface area contributed by atoms with Gasteiger partial charge in [0.25, 0.3) is 11.7 Å². The molecular weight excluding hydrogens is 453 g/mol. The summed E-state index contributed by atoms with van der Waals surface area (Å²) in [6.45, 7) is -0.702. The zero-order chi connectivity index (χ0) is 24.9. The average molecular weight is 486 g/mol. The topological polar surface area (TPSA) is 118 Å². The number of fused-ring (bicyclic) bond motifs is 1. The van der Waals surface area contributed by atoms with E-state index in [4.69, 9.17) is 5.11 Å². The van der Waals surface area contributed by atoms with Crippen LogP contribution in [0.3, 0.4) is 0 Å². The van der Waals surface area contributed by atoms with Gasteiger partial charge in [-0.25, -0.2) is 4.39 Å². The van der Waals surface area contributed by atoms with Crippen molar-refractivity contribution in [1.29, 1.82) is 0 Å². The Morgan fingerprint density at radius 1 is 1.00 bits per heavy atom. The van der Waals surface area contributed by atoms with E-state index in [9.17, 15) is 19.2 Å². The molecule has 1 aromatic heterocycles. The van der Waals surface area contributed by atoms with Gasteiger partial charge in [-0.2, -0.15) is 0 Å². The maximum atomic E-state index is 15.2. The van der Waals surface area contributed by atoms with E-state index in [-0.39, 0.29) is 34.3 Å². The second kappa shape index (κ2) is 11.0. The van der Waals surface area contributed by atoms with Crippen LogP contribution in [0.1, 0.15) is 80.6 Å². The normalized spacial score (nSPS) is 18.2. The monoisotopic (exact) mass is 485 g/mol. The van der Waals surface area contributed by atoms with Crippen LogP contribution < -0.4 is 10.6 Å². The van der Waals surface area contributed by atoms with Gasteiger partial charge in [-0.1, -0.05) is 50.7 Å². The maximum absolute atomic E-state index is 15.2. The molecule has 35 heavy (non-hydrogen) atoms. The summed E-state index contributed by atoms with van der Waals surface area (Å²) in [6.07, 6.45) is 11.2. The first-order chi connectivity index (χ1) is 16.9. The fourth-order valence-corrected chi connectivity index (χ4v) is 5.58. The summed E-state index contributed by atoms with van der Waals surface area (Å²) in [5, 5.41) is 14.3. The van der Waals surface area contributed by atoms with Crippen LogP contribution >= 0.6 is 0 Å². The van der Waals surface area contributed by atoms with Crippen molar-refractivity contribution in [3.63, 3.8) is 0 Å². The van der Waals surface area contributed by atoms with Gasteiger partial charge < -0.3 is 20.3 Å². The Morgan fingerprint density at radius 3 is 2.31 bits per heavy atom. The Hall–Kier alpha value is -3.23. The SMILES string of the molecule is O=C(O)CNC(=O)C(=O)c1cn(C(C(=O)NC2CCCCC2)C2CCCCC2)c2c(F)cccc12. The molecule has 2 saturated carbocycles. The highest BCUT2D eigenvalue weighted by Gasteiger charge is 2.35. The summed E-state index contributed by atoms with van der Waals surface area (Å²) in [5.74, 6) is -4.12. The lowest BCUT2D eigenvalue weighted by Gasteiger charge is -2.33. The summed E-state index contributed by atoms with van der Waals surface area (Å²) >= 11 is 0. The predicted octanol–water partition coefficient (Wildman–Crippen LogP) is 3.73. The summed E-state index contributed by atoms with van der Waals surface area (Å²) in [6, 6.07) is 3.64. The van der Waals surface area contributed by atoms with Crippen molar-refractivity contribution in [3.8, 4) is 0 Å². The van der Waals surface area contributed by atoms with Crippen LogP contribution in [-0.2, 0) is 14.4 Å². The molecule has 0 aliphatic heterocycles. The number of Topliss-reactive ketones (excluding diaryl/α,β-unsaturated/α-hetero) is 1. The molecule has 4 rings (SSSR count). The quantitative estimate of drug-likeness (QED) is 0.389. The highest BCUT2D eigenvalue weighted by Crippen LogP contribution is 2.37. The Morgan fingerprint density at radius 2 is 1.66 bits per heavy atom. The first-order valence-electron chi connectivity index (χ1n) is 12.5. The van der Waals surface area contributed by atoms with Crippen molar-refractivity contribution < 1.29 is 28.7 Å². The number of carboxylic acids is 1. The van der Waals surface area contributed by atoms with Crippen LogP contribution in [0.4, 0.5) is 4.39 Å². The molecule has 3 N–H and O–H groups in total. The van der Waals surface area contributed by atoms with Crippen LogP contribution in [0.2, 0.25) is 0 Å². The Bertz CT molecular complexity index is 1120. The molecule has 188 valence electrons. The van der Waals surface area contributed by atoms with Crippen LogP contribution in [0.25, 0.3) is 10.9 Å². The highest BCUT2D eigenvalue weighted by molar-refractivity contribution is 6.45. The van der Waals surface area contributed by atoms with E-state index < -0.39 is 36.1 Å². The zero-order valence-corrected chi connectivity index (χ0v) is 19.7. The number of hydrogen-bond donors (Lipinski definition) is 3. The second-order valence-electron chi connectivity index (χ2n) is 9.68. The van der Waals surface area contributed by atoms with E-state index >= 15 is 4.39 Å². The lowest BCUT2D eigenvalue weighted by Crippen LogP contribution is -2.43.